The van der Waals surface area contributed by atoms with Gasteiger partial charge in [-0.15, -0.1) is 11.3 Å². The van der Waals surface area contributed by atoms with Crippen LogP contribution in [-0.2, 0) is 12.8 Å². The number of hydrogen-bond donors (Lipinski definition) is 1. The third kappa shape index (κ3) is 5.91. The largest absolute Gasteiger partial charge is 0.375 e. The zero-order valence-electron chi connectivity index (χ0n) is 16.1. The number of thiazole rings is 1. The maximum atomic E-state index is 6.01. The molecule has 0 aliphatic heterocycles. The van der Waals surface area contributed by atoms with Gasteiger partial charge in [-0.1, -0.05) is 67.6 Å². The van der Waals surface area contributed by atoms with E-state index >= 15 is 0 Å². The van der Waals surface area contributed by atoms with Crippen molar-refractivity contribution in [2.45, 2.75) is 32.6 Å². The topological polar surface area (TPSA) is 42.1 Å². The van der Waals surface area contributed by atoms with E-state index in [-0.39, 0.29) is 0 Å². The lowest BCUT2D eigenvalue weighted by atomic mass is 10.1. The molecule has 2 aromatic carbocycles. The average Bonchev–Trinajstić information content (AvgIpc) is 3.08. The highest BCUT2D eigenvalue weighted by molar-refractivity contribution is 7.15. The summed E-state index contributed by atoms with van der Waals surface area (Å²) in [7, 11) is 0. The summed E-state index contributed by atoms with van der Waals surface area (Å²) < 4.78 is 0. The quantitative estimate of drug-likeness (QED) is 0.521. The van der Waals surface area contributed by atoms with Gasteiger partial charge in [0.1, 0.15) is 0 Å². The lowest BCUT2D eigenvalue weighted by Gasteiger charge is -2.21. The molecule has 3 nitrogen and oxygen atoms in total. The van der Waals surface area contributed by atoms with Crippen LogP contribution in [0.5, 0.6) is 0 Å². The summed E-state index contributed by atoms with van der Waals surface area (Å²) >= 11 is 1.63. The summed E-state index contributed by atoms with van der Waals surface area (Å²) in [5.41, 5.74) is 9.64. The van der Waals surface area contributed by atoms with E-state index in [4.69, 9.17) is 5.73 Å². The van der Waals surface area contributed by atoms with Crippen LogP contribution in [0.15, 0.2) is 60.7 Å². The number of nitrogens with zero attached hydrogens (tertiary/aromatic N) is 2. The van der Waals surface area contributed by atoms with E-state index in [0.29, 0.717) is 5.13 Å². The number of aryl methyl sites for hydroxylation is 1. The van der Waals surface area contributed by atoms with Gasteiger partial charge in [0.05, 0.1) is 5.69 Å². The maximum Gasteiger partial charge on any atom is 0.180 e. The number of anilines is 1. The molecule has 27 heavy (non-hydrogen) atoms. The SMILES string of the molecule is CCCN(CCCc1sc(N)nc1-c1ccccc1)CCc1ccccc1. The van der Waals surface area contributed by atoms with Crippen molar-refractivity contribution in [2.24, 2.45) is 0 Å². The lowest BCUT2D eigenvalue weighted by Crippen LogP contribution is -2.28. The van der Waals surface area contributed by atoms with Crippen molar-refractivity contribution >= 4 is 16.5 Å². The minimum atomic E-state index is 0.665. The molecular weight excluding hydrogens is 350 g/mol. The van der Waals surface area contributed by atoms with E-state index in [0.717, 1.165) is 50.2 Å². The van der Waals surface area contributed by atoms with Gasteiger partial charge in [0.25, 0.3) is 0 Å². The highest BCUT2D eigenvalue weighted by Crippen LogP contribution is 2.30. The first kappa shape index (κ1) is 19.6. The van der Waals surface area contributed by atoms with Gasteiger partial charge in [-0.25, -0.2) is 4.98 Å². The summed E-state index contributed by atoms with van der Waals surface area (Å²) in [6.07, 6.45) is 4.47. The summed E-state index contributed by atoms with van der Waals surface area (Å²) in [6.45, 7) is 5.65. The number of benzene rings is 2. The zero-order chi connectivity index (χ0) is 18.9. The average molecular weight is 380 g/mol. The Balaban J connectivity index is 1.56. The standard InChI is InChI=1S/C23H29N3S/c1-2-16-26(18-15-19-10-5-3-6-11-19)17-9-14-21-22(25-23(24)27-21)20-12-7-4-8-13-20/h3-8,10-13H,2,9,14-18H2,1H3,(H2,24,25). The molecule has 0 saturated carbocycles. The second-order valence-electron chi connectivity index (χ2n) is 6.87. The minimum Gasteiger partial charge on any atom is -0.375 e. The smallest absolute Gasteiger partial charge is 0.180 e. The number of aromatic nitrogens is 1. The molecule has 0 aliphatic rings. The summed E-state index contributed by atoms with van der Waals surface area (Å²) in [6, 6.07) is 21.1. The third-order valence-electron chi connectivity index (χ3n) is 4.74. The van der Waals surface area contributed by atoms with Crippen molar-refractivity contribution in [1.29, 1.82) is 0 Å². The molecule has 1 aromatic heterocycles. The normalized spacial score (nSPS) is 11.2. The fraction of sp³-hybridized carbons (Fsp3) is 0.348. The summed E-state index contributed by atoms with van der Waals surface area (Å²) in [5, 5.41) is 0.665. The fourth-order valence-electron chi connectivity index (χ4n) is 3.41. The number of nitrogens with two attached hydrogens (primary N) is 1. The molecule has 0 aliphatic carbocycles. The van der Waals surface area contributed by atoms with E-state index in [1.165, 1.54) is 16.9 Å². The van der Waals surface area contributed by atoms with Crippen molar-refractivity contribution in [3.63, 3.8) is 0 Å². The molecule has 0 spiro atoms. The molecule has 1 heterocycles. The van der Waals surface area contributed by atoms with Crippen LogP contribution in [0, 0.1) is 0 Å². The molecule has 0 bridgehead atoms. The van der Waals surface area contributed by atoms with Crippen molar-refractivity contribution in [1.82, 2.24) is 9.88 Å². The van der Waals surface area contributed by atoms with Crippen LogP contribution in [0.25, 0.3) is 11.3 Å². The van der Waals surface area contributed by atoms with Crippen LogP contribution in [0.4, 0.5) is 5.13 Å². The highest BCUT2D eigenvalue weighted by Gasteiger charge is 2.12. The predicted molar refractivity (Wildman–Crippen MR) is 117 cm³/mol. The van der Waals surface area contributed by atoms with Crippen molar-refractivity contribution in [3.05, 3.63) is 71.1 Å². The van der Waals surface area contributed by atoms with Crippen molar-refractivity contribution in [2.75, 3.05) is 25.4 Å². The fourth-order valence-corrected chi connectivity index (χ4v) is 4.30. The van der Waals surface area contributed by atoms with Crippen LogP contribution in [-0.4, -0.2) is 29.5 Å². The molecular formula is C23H29N3S. The van der Waals surface area contributed by atoms with Gasteiger partial charge >= 0.3 is 0 Å². The molecule has 0 amide bonds. The van der Waals surface area contributed by atoms with E-state index in [2.05, 4.69) is 71.4 Å². The lowest BCUT2D eigenvalue weighted by molar-refractivity contribution is 0.274. The van der Waals surface area contributed by atoms with Gasteiger partial charge in [0.15, 0.2) is 5.13 Å². The molecule has 0 fully saturated rings. The van der Waals surface area contributed by atoms with Crippen LogP contribution in [0.3, 0.4) is 0 Å². The minimum absolute atomic E-state index is 0.665. The molecule has 0 saturated heterocycles. The molecule has 0 unspecified atom stereocenters. The van der Waals surface area contributed by atoms with Crippen molar-refractivity contribution < 1.29 is 0 Å². The van der Waals surface area contributed by atoms with E-state index in [1.807, 2.05) is 6.07 Å². The Morgan fingerprint density at radius 2 is 1.59 bits per heavy atom. The Morgan fingerprint density at radius 3 is 2.30 bits per heavy atom. The van der Waals surface area contributed by atoms with Gasteiger partial charge in [0, 0.05) is 17.0 Å². The van der Waals surface area contributed by atoms with Crippen LogP contribution in [0.2, 0.25) is 0 Å². The molecule has 3 aromatic rings. The van der Waals surface area contributed by atoms with Gasteiger partial charge in [0.2, 0.25) is 0 Å². The predicted octanol–water partition coefficient (Wildman–Crippen LogP) is 5.28. The monoisotopic (exact) mass is 379 g/mol. The third-order valence-corrected chi connectivity index (χ3v) is 5.68. The van der Waals surface area contributed by atoms with E-state index in [1.54, 1.807) is 11.3 Å². The van der Waals surface area contributed by atoms with Gasteiger partial charge < -0.3 is 10.6 Å². The molecule has 3 rings (SSSR count). The first-order chi connectivity index (χ1) is 13.3. The van der Waals surface area contributed by atoms with E-state index < -0.39 is 0 Å². The molecule has 0 radical (unpaired) electrons. The van der Waals surface area contributed by atoms with Gasteiger partial charge in [-0.3, -0.25) is 0 Å². The van der Waals surface area contributed by atoms with Crippen LogP contribution in [0.1, 0.15) is 30.2 Å². The van der Waals surface area contributed by atoms with Gasteiger partial charge in [-0.2, -0.15) is 0 Å². The Labute approximate surface area is 166 Å². The summed E-state index contributed by atoms with van der Waals surface area (Å²) in [5.74, 6) is 0. The van der Waals surface area contributed by atoms with E-state index in [9.17, 15) is 0 Å². The molecule has 2 N–H and O–H groups in total. The first-order valence-electron chi connectivity index (χ1n) is 9.83. The second kappa shape index (κ2) is 10.2. The first-order valence-corrected chi connectivity index (χ1v) is 10.6. The number of hydrogen-bond acceptors (Lipinski definition) is 4. The molecule has 0 atom stereocenters. The Kier molecular flexibility index (Phi) is 7.43. The van der Waals surface area contributed by atoms with Crippen LogP contribution < -0.4 is 5.73 Å². The Morgan fingerprint density at radius 1 is 0.889 bits per heavy atom. The van der Waals surface area contributed by atoms with Crippen molar-refractivity contribution in [3.8, 4) is 11.3 Å². The van der Waals surface area contributed by atoms with Crippen LogP contribution >= 0.6 is 11.3 Å². The number of nitrogen functional groups attached to an aromatic ring is 1. The second-order valence-corrected chi connectivity index (χ2v) is 7.99. The zero-order valence-corrected chi connectivity index (χ0v) is 16.9. The molecule has 142 valence electrons. The summed E-state index contributed by atoms with van der Waals surface area (Å²) in [4.78, 5) is 8.46. The Hall–Kier alpha value is -2.17. The highest BCUT2D eigenvalue weighted by atomic mass is 32.1. The number of rotatable bonds is 10. The van der Waals surface area contributed by atoms with Gasteiger partial charge in [-0.05, 0) is 44.3 Å². The Bertz CT molecular complexity index is 799. The maximum absolute atomic E-state index is 6.01. The molecule has 4 heteroatoms.